The van der Waals surface area contributed by atoms with Crippen molar-refractivity contribution in [2.45, 2.75) is 19.6 Å². The first-order chi connectivity index (χ1) is 9.83. The van der Waals surface area contributed by atoms with Gasteiger partial charge in [0.15, 0.2) is 0 Å². The Bertz CT molecular complexity index is 607. The number of benzene rings is 1. The lowest BCUT2D eigenvalue weighted by molar-refractivity contribution is 0.260. The molecule has 2 aromatic rings. The molecule has 0 aliphatic rings. The maximum atomic E-state index is 9.22. The lowest BCUT2D eigenvalue weighted by Gasteiger charge is -2.08. The molecule has 4 heteroatoms. The van der Waals surface area contributed by atoms with Crippen LogP contribution in [0.15, 0.2) is 36.4 Å². The highest BCUT2D eigenvalue weighted by molar-refractivity contribution is 7.12. The second-order valence-corrected chi connectivity index (χ2v) is 5.26. The Balaban J connectivity index is 1.96. The van der Waals surface area contributed by atoms with Crippen molar-refractivity contribution in [1.29, 1.82) is 0 Å². The van der Waals surface area contributed by atoms with Gasteiger partial charge in [0.05, 0.1) is 18.1 Å². The summed E-state index contributed by atoms with van der Waals surface area (Å²) in [5.74, 6) is 6.60. The maximum Gasteiger partial charge on any atom is 0.125 e. The third-order valence-electron chi connectivity index (χ3n) is 2.62. The van der Waals surface area contributed by atoms with E-state index in [1.165, 1.54) is 0 Å². The topological polar surface area (TPSA) is 49.7 Å². The van der Waals surface area contributed by atoms with Gasteiger partial charge in [0, 0.05) is 16.9 Å². The summed E-state index contributed by atoms with van der Waals surface area (Å²) < 4.78 is 5.72. The van der Waals surface area contributed by atoms with Crippen molar-refractivity contribution < 1.29 is 14.9 Å². The zero-order chi connectivity index (χ0) is 14.2. The molecule has 2 N–H and O–H groups in total. The Hall–Kier alpha value is -1.80. The molecular weight excluding hydrogens is 272 g/mol. The zero-order valence-corrected chi connectivity index (χ0v) is 11.8. The van der Waals surface area contributed by atoms with Crippen LogP contribution in [0.5, 0.6) is 5.75 Å². The second-order valence-electron chi connectivity index (χ2n) is 4.10. The van der Waals surface area contributed by atoms with Crippen LogP contribution < -0.4 is 4.74 Å². The van der Waals surface area contributed by atoms with Gasteiger partial charge in [-0.15, -0.1) is 11.3 Å². The van der Waals surface area contributed by atoms with Gasteiger partial charge in [-0.05, 0) is 18.2 Å². The number of rotatable bonds is 5. The molecule has 0 aliphatic heterocycles. The van der Waals surface area contributed by atoms with E-state index in [0.717, 1.165) is 15.3 Å². The largest absolute Gasteiger partial charge is 0.488 e. The molecule has 0 saturated carbocycles. The highest BCUT2D eigenvalue weighted by Gasteiger charge is 2.03. The van der Waals surface area contributed by atoms with Crippen molar-refractivity contribution >= 4 is 11.3 Å². The zero-order valence-electron chi connectivity index (χ0n) is 11.0. The van der Waals surface area contributed by atoms with Crippen molar-refractivity contribution in [2.75, 3.05) is 6.61 Å². The lowest BCUT2D eigenvalue weighted by atomic mass is 10.2. The minimum absolute atomic E-state index is 0.0293. The molecule has 0 spiro atoms. The Morgan fingerprint density at radius 2 is 1.95 bits per heavy atom. The first-order valence-electron chi connectivity index (χ1n) is 6.33. The summed E-state index contributed by atoms with van der Waals surface area (Å²) in [6.07, 6.45) is 0.494. The van der Waals surface area contributed by atoms with E-state index in [1.54, 1.807) is 11.3 Å². The van der Waals surface area contributed by atoms with E-state index in [4.69, 9.17) is 9.84 Å². The number of aliphatic hydroxyl groups excluding tert-OH is 2. The minimum atomic E-state index is -0.0293. The highest BCUT2D eigenvalue weighted by atomic mass is 32.1. The normalized spacial score (nSPS) is 9.90. The molecule has 0 bridgehead atoms. The molecule has 0 unspecified atom stereocenters. The summed E-state index contributed by atoms with van der Waals surface area (Å²) in [4.78, 5) is 2.04. The summed E-state index contributed by atoms with van der Waals surface area (Å²) in [6, 6.07) is 11.4. The van der Waals surface area contributed by atoms with E-state index in [0.29, 0.717) is 18.8 Å². The minimum Gasteiger partial charge on any atom is -0.488 e. The van der Waals surface area contributed by atoms with Crippen molar-refractivity contribution in [3.05, 3.63) is 51.7 Å². The van der Waals surface area contributed by atoms with Crippen LogP contribution in [-0.4, -0.2) is 16.8 Å². The van der Waals surface area contributed by atoms with Gasteiger partial charge in [0.2, 0.25) is 0 Å². The summed E-state index contributed by atoms with van der Waals surface area (Å²) in [7, 11) is 0. The number of thiophene rings is 1. The lowest BCUT2D eigenvalue weighted by Crippen LogP contribution is -1.96. The van der Waals surface area contributed by atoms with E-state index < -0.39 is 0 Å². The van der Waals surface area contributed by atoms with Crippen molar-refractivity contribution in [2.24, 2.45) is 0 Å². The van der Waals surface area contributed by atoms with E-state index in [1.807, 2.05) is 36.4 Å². The van der Waals surface area contributed by atoms with E-state index in [2.05, 4.69) is 11.8 Å². The number of hydrogen-bond donors (Lipinski definition) is 2. The standard InChI is InChI=1S/C16H16O3S/c17-10-4-3-6-14-8-9-15(20-14)12-19-16-7-2-1-5-13(16)11-18/h1-2,5,7-9,17-18H,4,10-12H2. The van der Waals surface area contributed by atoms with Crippen LogP contribution in [-0.2, 0) is 13.2 Å². The molecule has 1 aromatic heterocycles. The van der Waals surface area contributed by atoms with Gasteiger partial charge >= 0.3 is 0 Å². The van der Waals surface area contributed by atoms with Gasteiger partial charge in [0.1, 0.15) is 12.4 Å². The SMILES string of the molecule is OCCC#Cc1ccc(COc2ccccc2CO)s1. The molecule has 0 fully saturated rings. The molecule has 0 saturated heterocycles. The molecule has 20 heavy (non-hydrogen) atoms. The smallest absolute Gasteiger partial charge is 0.125 e. The average molecular weight is 288 g/mol. The maximum absolute atomic E-state index is 9.22. The summed E-state index contributed by atoms with van der Waals surface area (Å²) >= 11 is 1.57. The molecule has 0 radical (unpaired) electrons. The predicted molar refractivity (Wildman–Crippen MR) is 79.6 cm³/mol. The first kappa shape index (κ1) is 14.6. The van der Waals surface area contributed by atoms with E-state index >= 15 is 0 Å². The quantitative estimate of drug-likeness (QED) is 0.831. The molecule has 0 atom stereocenters. The third kappa shape index (κ3) is 4.10. The summed E-state index contributed by atoms with van der Waals surface area (Å²) in [6.45, 7) is 0.522. The second kappa shape index (κ2) is 7.71. The third-order valence-corrected chi connectivity index (χ3v) is 3.60. The fourth-order valence-electron chi connectivity index (χ4n) is 1.65. The van der Waals surface area contributed by atoms with Crippen LogP contribution in [0.3, 0.4) is 0 Å². The number of para-hydroxylation sites is 1. The fourth-order valence-corrected chi connectivity index (χ4v) is 2.45. The van der Waals surface area contributed by atoms with Gasteiger partial charge in [0.25, 0.3) is 0 Å². The first-order valence-corrected chi connectivity index (χ1v) is 7.15. The van der Waals surface area contributed by atoms with Gasteiger partial charge in [-0.3, -0.25) is 0 Å². The van der Waals surface area contributed by atoms with Crippen LogP contribution in [0.4, 0.5) is 0 Å². The number of ether oxygens (including phenoxy) is 1. The Morgan fingerprint density at radius 1 is 1.10 bits per heavy atom. The molecule has 2 rings (SSSR count). The highest BCUT2D eigenvalue weighted by Crippen LogP contribution is 2.22. The van der Waals surface area contributed by atoms with E-state index in [-0.39, 0.29) is 13.2 Å². The van der Waals surface area contributed by atoms with Crippen LogP contribution in [0.1, 0.15) is 21.7 Å². The molecule has 104 valence electrons. The molecule has 0 amide bonds. The monoisotopic (exact) mass is 288 g/mol. The van der Waals surface area contributed by atoms with Gasteiger partial charge < -0.3 is 14.9 Å². The molecule has 1 aromatic carbocycles. The average Bonchev–Trinajstić information content (AvgIpc) is 2.93. The summed E-state index contributed by atoms with van der Waals surface area (Å²) in [5, 5.41) is 17.9. The molecular formula is C16H16O3S. The Labute approximate surface area is 122 Å². The van der Waals surface area contributed by atoms with Crippen molar-refractivity contribution in [3.8, 4) is 17.6 Å². The van der Waals surface area contributed by atoms with Crippen molar-refractivity contribution in [1.82, 2.24) is 0 Å². The Morgan fingerprint density at radius 3 is 2.75 bits per heavy atom. The number of hydrogen-bond acceptors (Lipinski definition) is 4. The van der Waals surface area contributed by atoms with Gasteiger partial charge in [-0.2, -0.15) is 0 Å². The predicted octanol–water partition coefficient (Wildman–Crippen LogP) is 2.55. The van der Waals surface area contributed by atoms with Crippen LogP contribution in [0, 0.1) is 11.8 Å². The number of aliphatic hydroxyl groups is 2. The van der Waals surface area contributed by atoms with Gasteiger partial charge in [-0.1, -0.05) is 30.0 Å². The molecule has 3 nitrogen and oxygen atoms in total. The van der Waals surface area contributed by atoms with Crippen molar-refractivity contribution in [3.63, 3.8) is 0 Å². The Kier molecular flexibility index (Phi) is 5.63. The molecule has 1 heterocycles. The van der Waals surface area contributed by atoms with E-state index in [9.17, 15) is 5.11 Å². The molecule has 0 aliphatic carbocycles. The summed E-state index contributed by atoms with van der Waals surface area (Å²) in [5.41, 5.74) is 0.784. The van der Waals surface area contributed by atoms with Crippen LogP contribution >= 0.6 is 11.3 Å². The fraction of sp³-hybridized carbons (Fsp3) is 0.250. The van der Waals surface area contributed by atoms with Gasteiger partial charge in [-0.25, -0.2) is 0 Å². The van der Waals surface area contributed by atoms with Crippen LogP contribution in [0.2, 0.25) is 0 Å². The van der Waals surface area contributed by atoms with Crippen LogP contribution in [0.25, 0.3) is 0 Å².